The number of nitrogens with two attached hydrogens (primary N) is 1. The molecule has 0 spiro atoms. The Labute approximate surface area is 96.0 Å². The summed E-state index contributed by atoms with van der Waals surface area (Å²) >= 11 is 0. The van der Waals surface area contributed by atoms with Gasteiger partial charge in [-0.2, -0.15) is 0 Å². The maximum absolute atomic E-state index is 5.92. The highest BCUT2D eigenvalue weighted by atomic mass is 14.9. The monoisotopic (exact) mass is 217 g/mol. The molecule has 0 radical (unpaired) electrons. The lowest BCUT2D eigenvalue weighted by atomic mass is 10.1. The number of aromatic amines is 1. The molecule has 1 aromatic heterocycles. The lowest BCUT2D eigenvalue weighted by Crippen LogP contribution is -2.42. The molecular formula is C13H19N3. The van der Waals surface area contributed by atoms with Gasteiger partial charge in [-0.25, -0.2) is 0 Å². The number of hydrogen-bond acceptors (Lipinski definition) is 2. The van der Waals surface area contributed by atoms with Gasteiger partial charge in [-0.3, -0.25) is 0 Å². The summed E-state index contributed by atoms with van der Waals surface area (Å²) in [6.45, 7) is 5.71. The second-order valence-corrected chi connectivity index (χ2v) is 4.95. The molecule has 0 saturated carbocycles. The van der Waals surface area contributed by atoms with E-state index in [1.54, 1.807) is 0 Å². The van der Waals surface area contributed by atoms with Gasteiger partial charge in [-0.15, -0.1) is 0 Å². The first-order chi connectivity index (χ1) is 7.56. The molecule has 0 bridgehead atoms. The first-order valence-corrected chi connectivity index (χ1v) is 5.61. The molecule has 4 N–H and O–H groups in total. The highest BCUT2D eigenvalue weighted by molar-refractivity contribution is 5.82. The summed E-state index contributed by atoms with van der Waals surface area (Å²) in [4.78, 5) is 3.26. The maximum atomic E-state index is 5.92. The van der Waals surface area contributed by atoms with E-state index in [9.17, 15) is 0 Å². The van der Waals surface area contributed by atoms with Crippen molar-refractivity contribution in [2.45, 2.75) is 25.9 Å². The molecule has 3 heteroatoms. The van der Waals surface area contributed by atoms with Crippen molar-refractivity contribution in [3.05, 3.63) is 36.0 Å². The first kappa shape index (κ1) is 11.2. The quantitative estimate of drug-likeness (QED) is 0.733. The van der Waals surface area contributed by atoms with Crippen molar-refractivity contribution >= 4 is 10.9 Å². The zero-order chi connectivity index (χ0) is 11.6. The molecule has 2 aromatic rings. The number of fused-ring (bicyclic) bond motifs is 1. The van der Waals surface area contributed by atoms with Crippen molar-refractivity contribution in [3.63, 3.8) is 0 Å². The topological polar surface area (TPSA) is 53.8 Å². The van der Waals surface area contributed by atoms with Crippen LogP contribution in [0.3, 0.4) is 0 Å². The van der Waals surface area contributed by atoms with Gasteiger partial charge in [0.05, 0.1) is 0 Å². The minimum absolute atomic E-state index is 0.161. The van der Waals surface area contributed by atoms with Gasteiger partial charge in [-0.1, -0.05) is 18.2 Å². The molecular weight excluding hydrogens is 198 g/mol. The van der Waals surface area contributed by atoms with Crippen molar-refractivity contribution < 1.29 is 0 Å². The number of benzene rings is 1. The Hall–Kier alpha value is -1.32. The summed E-state index contributed by atoms with van der Waals surface area (Å²) in [5.74, 6) is 0. The molecule has 0 atom stereocenters. The first-order valence-electron chi connectivity index (χ1n) is 5.61. The van der Waals surface area contributed by atoms with E-state index in [1.807, 2.05) is 19.9 Å². The summed E-state index contributed by atoms with van der Waals surface area (Å²) in [5.41, 5.74) is 8.23. The number of nitrogens with one attached hydrogen (secondary N) is 2. The number of rotatable bonds is 4. The van der Waals surface area contributed by atoms with E-state index in [0.29, 0.717) is 0 Å². The molecule has 0 fully saturated rings. The highest BCUT2D eigenvalue weighted by Crippen LogP contribution is 2.17. The Bertz CT molecular complexity index is 465. The number of H-pyrrole nitrogens is 1. The molecule has 1 heterocycles. The van der Waals surface area contributed by atoms with Crippen LogP contribution in [0.4, 0.5) is 0 Å². The van der Waals surface area contributed by atoms with Crippen LogP contribution in [-0.2, 0) is 6.54 Å². The minimum Gasteiger partial charge on any atom is -0.361 e. The molecule has 86 valence electrons. The molecule has 0 aliphatic carbocycles. The van der Waals surface area contributed by atoms with Crippen LogP contribution in [-0.4, -0.2) is 17.1 Å². The normalized spacial score (nSPS) is 12.2. The van der Waals surface area contributed by atoms with Gasteiger partial charge >= 0.3 is 0 Å². The second-order valence-electron chi connectivity index (χ2n) is 4.95. The maximum Gasteiger partial charge on any atom is 0.0457 e. The smallest absolute Gasteiger partial charge is 0.0457 e. The zero-order valence-corrected chi connectivity index (χ0v) is 9.88. The van der Waals surface area contributed by atoms with Gasteiger partial charge in [0.1, 0.15) is 0 Å². The molecule has 0 saturated heterocycles. The largest absolute Gasteiger partial charge is 0.361 e. The predicted molar refractivity (Wildman–Crippen MR) is 68.3 cm³/mol. The average Bonchev–Trinajstić information content (AvgIpc) is 2.60. The number of hydrogen-bond donors (Lipinski definition) is 3. The van der Waals surface area contributed by atoms with E-state index in [1.165, 1.54) is 16.5 Å². The lowest BCUT2D eigenvalue weighted by Gasteiger charge is -2.18. The van der Waals surface area contributed by atoms with Gasteiger partial charge < -0.3 is 16.0 Å². The standard InChI is InChI=1S/C13H19N3/c1-13(2,14)9-15-7-10-8-16-12-6-4-3-5-11(10)12/h3-6,8,15-16H,7,9,14H2,1-2H3. The van der Waals surface area contributed by atoms with Gasteiger partial charge in [0.2, 0.25) is 0 Å². The Morgan fingerprint density at radius 2 is 2.06 bits per heavy atom. The van der Waals surface area contributed by atoms with Gasteiger partial charge in [0.15, 0.2) is 0 Å². The second kappa shape index (κ2) is 4.28. The summed E-state index contributed by atoms with van der Waals surface area (Å²) in [5, 5.41) is 4.66. The predicted octanol–water partition coefficient (Wildman–Crippen LogP) is 1.99. The Morgan fingerprint density at radius 1 is 1.31 bits per heavy atom. The van der Waals surface area contributed by atoms with Crippen molar-refractivity contribution in [3.8, 4) is 0 Å². The number of para-hydroxylation sites is 1. The van der Waals surface area contributed by atoms with E-state index in [0.717, 1.165) is 13.1 Å². The Kier molecular flexibility index (Phi) is 2.99. The molecule has 0 aliphatic heterocycles. The van der Waals surface area contributed by atoms with Crippen LogP contribution >= 0.6 is 0 Å². The minimum atomic E-state index is -0.161. The van der Waals surface area contributed by atoms with E-state index >= 15 is 0 Å². The van der Waals surface area contributed by atoms with Gasteiger partial charge in [-0.05, 0) is 25.5 Å². The van der Waals surface area contributed by atoms with E-state index in [-0.39, 0.29) is 5.54 Å². The third-order valence-electron chi connectivity index (χ3n) is 2.57. The van der Waals surface area contributed by atoms with Crippen LogP contribution < -0.4 is 11.1 Å². The van der Waals surface area contributed by atoms with Crippen LogP contribution in [0, 0.1) is 0 Å². The Balaban J connectivity index is 2.05. The average molecular weight is 217 g/mol. The highest BCUT2D eigenvalue weighted by Gasteiger charge is 2.10. The summed E-state index contributed by atoms with van der Waals surface area (Å²) < 4.78 is 0. The van der Waals surface area contributed by atoms with Crippen LogP contribution in [0.25, 0.3) is 10.9 Å². The van der Waals surface area contributed by atoms with E-state index in [2.05, 4.69) is 34.7 Å². The van der Waals surface area contributed by atoms with E-state index in [4.69, 9.17) is 5.73 Å². The van der Waals surface area contributed by atoms with E-state index < -0.39 is 0 Å². The molecule has 3 nitrogen and oxygen atoms in total. The molecule has 0 amide bonds. The fraction of sp³-hybridized carbons (Fsp3) is 0.385. The summed E-state index contributed by atoms with van der Waals surface area (Å²) in [6, 6.07) is 8.33. The van der Waals surface area contributed by atoms with Crippen LogP contribution in [0.5, 0.6) is 0 Å². The molecule has 0 unspecified atom stereocenters. The zero-order valence-electron chi connectivity index (χ0n) is 9.88. The lowest BCUT2D eigenvalue weighted by molar-refractivity contribution is 0.467. The Morgan fingerprint density at radius 3 is 2.81 bits per heavy atom. The van der Waals surface area contributed by atoms with Gasteiger partial charge in [0.25, 0.3) is 0 Å². The van der Waals surface area contributed by atoms with Crippen molar-refractivity contribution in [1.82, 2.24) is 10.3 Å². The van der Waals surface area contributed by atoms with Crippen molar-refractivity contribution in [2.75, 3.05) is 6.54 Å². The summed E-state index contributed by atoms with van der Waals surface area (Å²) in [6.07, 6.45) is 2.06. The molecule has 2 rings (SSSR count). The third-order valence-corrected chi connectivity index (χ3v) is 2.57. The molecule has 16 heavy (non-hydrogen) atoms. The van der Waals surface area contributed by atoms with Crippen LogP contribution in [0.1, 0.15) is 19.4 Å². The third kappa shape index (κ3) is 2.62. The SMILES string of the molecule is CC(C)(N)CNCc1c[nH]c2ccccc12. The van der Waals surface area contributed by atoms with Gasteiger partial charge in [0, 0.05) is 35.7 Å². The number of aromatic nitrogens is 1. The molecule has 1 aromatic carbocycles. The van der Waals surface area contributed by atoms with Crippen LogP contribution in [0.15, 0.2) is 30.5 Å². The van der Waals surface area contributed by atoms with Crippen molar-refractivity contribution in [2.24, 2.45) is 5.73 Å². The summed E-state index contributed by atoms with van der Waals surface area (Å²) in [7, 11) is 0. The van der Waals surface area contributed by atoms with Crippen LogP contribution in [0.2, 0.25) is 0 Å². The fourth-order valence-electron chi connectivity index (χ4n) is 1.80. The fourth-order valence-corrected chi connectivity index (χ4v) is 1.80. The molecule has 0 aliphatic rings. The van der Waals surface area contributed by atoms with Crippen molar-refractivity contribution in [1.29, 1.82) is 0 Å².